The minimum absolute atomic E-state index is 0.256. The van der Waals surface area contributed by atoms with Gasteiger partial charge < -0.3 is 16.0 Å². The molecule has 2 amide bonds. The van der Waals surface area contributed by atoms with Crippen LogP contribution >= 0.6 is 0 Å². The van der Waals surface area contributed by atoms with Gasteiger partial charge in [-0.3, -0.25) is 0 Å². The maximum atomic E-state index is 11.2. The fourth-order valence-corrected chi connectivity index (χ4v) is 2.08. The third kappa shape index (κ3) is 3.18. The topological polar surface area (TPSA) is 58.4 Å². The first-order valence-electron chi connectivity index (χ1n) is 5.46. The first-order valence-corrected chi connectivity index (χ1v) is 5.46. The van der Waals surface area contributed by atoms with Crippen LogP contribution in [0.4, 0.5) is 4.79 Å². The highest BCUT2D eigenvalue weighted by molar-refractivity contribution is 5.72. The number of hydrogen-bond donors (Lipinski definition) is 2. The average Bonchev–Trinajstić information content (AvgIpc) is 2.39. The quantitative estimate of drug-likeness (QED) is 0.710. The molecule has 4 nitrogen and oxygen atoms in total. The second-order valence-electron chi connectivity index (χ2n) is 3.93. The van der Waals surface area contributed by atoms with Gasteiger partial charge in [0.25, 0.3) is 0 Å². The van der Waals surface area contributed by atoms with Gasteiger partial charge in [0.05, 0.1) is 0 Å². The van der Waals surface area contributed by atoms with Crippen LogP contribution in [0.25, 0.3) is 0 Å². The van der Waals surface area contributed by atoms with Gasteiger partial charge in [-0.25, -0.2) is 4.79 Å². The van der Waals surface area contributed by atoms with Crippen LogP contribution in [0, 0.1) is 0 Å². The number of urea groups is 1. The molecular formula is C10H21N3O. The van der Waals surface area contributed by atoms with Crippen molar-refractivity contribution in [2.75, 3.05) is 20.1 Å². The van der Waals surface area contributed by atoms with Crippen molar-refractivity contribution in [3.63, 3.8) is 0 Å². The van der Waals surface area contributed by atoms with Crippen molar-refractivity contribution in [2.24, 2.45) is 5.73 Å². The number of hydrogen-bond acceptors (Lipinski definition) is 2. The van der Waals surface area contributed by atoms with Crippen LogP contribution in [0.3, 0.4) is 0 Å². The Balaban J connectivity index is 2.50. The average molecular weight is 199 g/mol. The summed E-state index contributed by atoms with van der Waals surface area (Å²) in [7, 11) is 1.94. The number of nitrogens with one attached hydrogen (secondary N) is 1. The molecule has 1 saturated heterocycles. The van der Waals surface area contributed by atoms with Gasteiger partial charge in [-0.1, -0.05) is 12.8 Å². The van der Waals surface area contributed by atoms with E-state index in [4.69, 9.17) is 5.73 Å². The van der Waals surface area contributed by atoms with Crippen molar-refractivity contribution in [3.8, 4) is 0 Å². The monoisotopic (exact) mass is 199 g/mol. The van der Waals surface area contributed by atoms with E-state index in [1.165, 1.54) is 12.8 Å². The van der Waals surface area contributed by atoms with Gasteiger partial charge in [-0.15, -0.1) is 0 Å². The Labute approximate surface area is 85.8 Å². The summed E-state index contributed by atoms with van der Waals surface area (Å²) < 4.78 is 0. The van der Waals surface area contributed by atoms with E-state index in [1.807, 2.05) is 11.9 Å². The van der Waals surface area contributed by atoms with Crippen LogP contribution in [0.15, 0.2) is 0 Å². The number of nitrogens with zero attached hydrogens (tertiary/aromatic N) is 1. The molecule has 4 heteroatoms. The van der Waals surface area contributed by atoms with Crippen molar-refractivity contribution < 1.29 is 4.79 Å². The lowest BCUT2D eigenvalue weighted by Crippen LogP contribution is -2.44. The summed E-state index contributed by atoms with van der Waals surface area (Å²) in [5, 5.41) is 3.12. The smallest absolute Gasteiger partial charge is 0.315 e. The lowest BCUT2D eigenvalue weighted by Gasteiger charge is -2.28. The van der Waals surface area contributed by atoms with Crippen LogP contribution < -0.4 is 11.1 Å². The zero-order chi connectivity index (χ0) is 10.4. The van der Waals surface area contributed by atoms with E-state index in [9.17, 15) is 4.79 Å². The van der Waals surface area contributed by atoms with E-state index in [2.05, 4.69) is 5.32 Å². The number of primary amides is 1. The van der Waals surface area contributed by atoms with Crippen molar-refractivity contribution >= 4 is 6.03 Å². The Hall–Kier alpha value is -0.770. The van der Waals surface area contributed by atoms with Crippen LogP contribution in [-0.2, 0) is 0 Å². The molecule has 0 saturated carbocycles. The summed E-state index contributed by atoms with van der Waals surface area (Å²) in [5.41, 5.74) is 5.37. The lowest BCUT2D eigenvalue weighted by atomic mass is 10.1. The molecule has 3 N–H and O–H groups in total. The molecule has 0 aliphatic carbocycles. The highest BCUT2D eigenvalue weighted by Gasteiger charge is 2.22. The van der Waals surface area contributed by atoms with Crippen LogP contribution in [0.2, 0.25) is 0 Å². The Kier molecular flexibility index (Phi) is 4.73. The molecule has 0 radical (unpaired) electrons. The van der Waals surface area contributed by atoms with Crippen LogP contribution in [-0.4, -0.2) is 37.1 Å². The number of amides is 2. The highest BCUT2D eigenvalue weighted by atomic mass is 16.2. The lowest BCUT2D eigenvalue weighted by molar-refractivity contribution is 0.181. The third-order valence-electron chi connectivity index (χ3n) is 2.89. The van der Waals surface area contributed by atoms with Gasteiger partial charge >= 0.3 is 6.03 Å². The number of carbonyl (C=O) groups excluding carboxylic acids is 1. The molecule has 1 heterocycles. The van der Waals surface area contributed by atoms with Crippen LogP contribution in [0.5, 0.6) is 0 Å². The fraction of sp³-hybridized carbons (Fsp3) is 0.900. The molecule has 1 rings (SSSR count). The van der Waals surface area contributed by atoms with E-state index in [0.29, 0.717) is 6.04 Å². The second kappa shape index (κ2) is 5.86. The summed E-state index contributed by atoms with van der Waals surface area (Å²) in [4.78, 5) is 13.0. The van der Waals surface area contributed by atoms with Gasteiger partial charge in [-0.2, -0.15) is 0 Å². The Morgan fingerprint density at radius 1 is 1.50 bits per heavy atom. The maximum Gasteiger partial charge on any atom is 0.315 e. The van der Waals surface area contributed by atoms with Crippen LogP contribution in [0.1, 0.15) is 32.1 Å². The second-order valence-corrected chi connectivity index (χ2v) is 3.93. The molecule has 0 aromatic heterocycles. The Morgan fingerprint density at radius 2 is 2.29 bits per heavy atom. The largest absolute Gasteiger partial charge is 0.351 e. The SMILES string of the molecule is CNCCC1CCCCCN1C(N)=O. The number of nitrogens with two attached hydrogens (primary N) is 1. The minimum atomic E-state index is -0.256. The van der Waals surface area contributed by atoms with Crippen molar-refractivity contribution in [1.82, 2.24) is 10.2 Å². The van der Waals surface area contributed by atoms with Crippen molar-refractivity contribution in [2.45, 2.75) is 38.1 Å². The molecule has 1 fully saturated rings. The van der Waals surface area contributed by atoms with Gasteiger partial charge in [0, 0.05) is 12.6 Å². The van der Waals surface area contributed by atoms with Crippen molar-refractivity contribution in [3.05, 3.63) is 0 Å². The summed E-state index contributed by atoms with van der Waals surface area (Å²) in [6, 6.07) is 0.0930. The third-order valence-corrected chi connectivity index (χ3v) is 2.89. The molecule has 82 valence electrons. The molecule has 1 aliphatic rings. The minimum Gasteiger partial charge on any atom is -0.351 e. The summed E-state index contributed by atoms with van der Waals surface area (Å²) in [6.07, 6.45) is 5.65. The van der Waals surface area contributed by atoms with E-state index >= 15 is 0 Å². The van der Waals surface area contributed by atoms with E-state index in [-0.39, 0.29) is 6.03 Å². The summed E-state index contributed by atoms with van der Waals surface area (Å²) in [6.45, 7) is 1.79. The number of likely N-dealkylation sites (tertiary alicyclic amines) is 1. The molecule has 14 heavy (non-hydrogen) atoms. The molecule has 1 atom stereocenters. The van der Waals surface area contributed by atoms with Crippen molar-refractivity contribution in [1.29, 1.82) is 0 Å². The Morgan fingerprint density at radius 3 is 2.93 bits per heavy atom. The van der Waals surface area contributed by atoms with Gasteiger partial charge in [0.15, 0.2) is 0 Å². The molecular weight excluding hydrogens is 178 g/mol. The number of carbonyl (C=O) groups is 1. The molecule has 1 unspecified atom stereocenters. The first kappa shape index (κ1) is 11.3. The molecule has 0 bridgehead atoms. The number of rotatable bonds is 3. The highest BCUT2D eigenvalue weighted by Crippen LogP contribution is 2.18. The molecule has 0 aromatic carbocycles. The summed E-state index contributed by atoms with van der Waals surface area (Å²) in [5.74, 6) is 0. The fourth-order valence-electron chi connectivity index (χ4n) is 2.08. The molecule has 1 aliphatic heterocycles. The van der Waals surface area contributed by atoms with Gasteiger partial charge in [-0.05, 0) is 32.9 Å². The Bertz CT molecular complexity index is 184. The molecule has 0 aromatic rings. The first-order chi connectivity index (χ1) is 6.75. The standard InChI is InChI=1S/C10H21N3O/c1-12-7-6-9-5-3-2-4-8-13(9)10(11)14/h9,12H,2-8H2,1H3,(H2,11,14). The van der Waals surface area contributed by atoms with Gasteiger partial charge in [0.2, 0.25) is 0 Å². The maximum absolute atomic E-state index is 11.2. The molecule has 0 spiro atoms. The van der Waals surface area contributed by atoms with E-state index in [1.54, 1.807) is 0 Å². The zero-order valence-electron chi connectivity index (χ0n) is 8.96. The predicted octanol–water partition coefficient (Wildman–Crippen LogP) is 0.919. The normalized spacial score (nSPS) is 23.2. The zero-order valence-corrected chi connectivity index (χ0v) is 8.96. The predicted molar refractivity (Wildman–Crippen MR) is 57.1 cm³/mol. The van der Waals surface area contributed by atoms with E-state index in [0.717, 1.165) is 32.4 Å². The van der Waals surface area contributed by atoms with Gasteiger partial charge in [0.1, 0.15) is 0 Å². The summed E-state index contributed by atoms with van der Waals surface area (Å²) >= 11 is 0. The van der Waals surface area contributed by atoms with E-state index < -0.39 is 0 Å².